The van der Waals surface area contributed by atoms with Crippen LogP contribution < -0.4 is 0 Å². The second-order valence-electron chi connectivity index (χ2n) is 10.8. The SMILES string of the molecule is CC(C)(C)c1ccc2c(n1)oc1c(-c3nc4ccccc4n3-c3ccc(-c4ccccc4)cc3)cccc12. The third-order valence-electron chi connectivity index (χ3n) is 7.17. The summed E-state index contributed by atoms with van der Waals surface area (Å²) in [5, 5.41) is 2.06. The fourth-order valence-electron chi connectivity index (χ4n) is 5.17. The minimum Gasteiger partial charge on any atom is -0.437 e. The number of hydrogen-bond acceptors (Lipinski definition) is 3. The average molecular weight is 494 g/mol. The van der Waals surface area contributed by atoms with Gasteiger partial charge < -0.3 is 4.42 Å². The molecule has 0 radical (unpaired) electrons. The zero-order valence-electron chi connectivity index (χ0n) is 21.6. The van der Waals surface area contributed by atoms with Crippen LogP contribution in [0.3, 0.4) is 0 Å². The van der Waals surface area contributed by atoms with Crippen LogP contribution in [0.1, 0.15) is 26.5 Å². The van der Waals surface area contributed by atoms with Crippen LogP contribution >= 0.6 is 0 Å². The smallest absolute Gasteiger partial charge is 0.227 e. The summed E-state index contributed by atoms with van der Waals surface area (Å²) < 4.78 is 8.70. The average Bonchev–Trinajstić information content (AvgIpc) is 3.51. The van der Waals surface area contributed by atoms with E-state index in [-0.39, 0.29) is 5.41 Å². The topological polar surface area (TPSA) is 43.9 Å². The Hall–Kier alpha value is -4.70. The quantitative estimate of drug-likeness (QED) is 0.247. The molecule has 0 fully saturated rings. The van der Waals surface area contributed by atoms with E-state index in [9.17, 15) is 0 Å². The van der Waals surface area contributed by atoms with Crippen molar-refractivity contribution >= 4 is 33.1 Å². The maximum Gasteiger partial charge on any atom is 0.227 e. The Balaban J connectivity index is 1.45. The van der Waals surface area contributed by atoms with E-state index < -0.39 is 0 Å². The molecule has 38 heavy (non-hydrogen) atoms. The molecule has 184 valence electrons. The molecule has 0 N–H and O–H groups in total. The van der Waals surface area contributed by atoms with E-state index in [4.69, 9.17) is 14.4 Å². The fourth-order valence-corrected chi connectivity index (χ4v) is 5.17. The molecule has 0 aliphatic rings. The lowest BCUT2D eigenvalue weighted by molar-refractivity contribution is 0.562. The lowest BCUT2D eigenvalue weighted by atomic mass is 9.91. The highest BCUT2D eigenvalue weighted by Crippen LogP contribution is 2.38. The van der Waals surface area contributed by atoms with Gasteiger partial charge in [0.1, 0.15) is 11.4 Å². The van der Waals surface area contributed by atoms with Crippen LogP contribution in [-0.2, 0) is 5.41 Å². The number of aromatic nitrogens is 3. The van der Waals surface area contributed by atoms with Gasteiger partial charge in [0, 0.05) is 27.6 Å². The Morgan fingerprint density at radius 1 is 0.632 bits per heavy atom. The predicted octanol–water partition coefficient (Wildman–Crippen LogP) is 8.95. The third-order valence-corrected chi connectivity index (χ3v) is 7.17. The molecule has 3 aromatic heterocycles. The molecular weight excluding hydrogens is 466 g/mol. The first-order chi connectivity index (χ1) is 18.5. The van der Waals surface area contributed by atoms with Crippen molar-refractivity contribution < 1.29 is 4.42 Å². The van der Waals surface area contributed by atoms with Gasteiger partial charge >= 0.3 is 0 Å². The van der Waals surface area contributed by atoms with E-state index in [2.05, 4.69) is 122 Å². The predicted molar refractivity (Wildman–Crippen MR) is 156 cm³/mol. The van der Waals surface area contributed by atoms with Crippen LogP contribution in [0.25, 0.3) is 61.3 Å². The lowest BCUT2D eigenvalue weighted by Gasteiger charge is -2.16. The molecule has 0 saturated heterocycles. The molecular formula is C34H27N3O. The maximum absolute atomic E-state index is 6.47. The van der Waals surface area contributed by atoms with E-state index in [1.54, 1.807) is 0 Å². The first-order valence-corrected chi connectivity index (χ1v) is 12.9. The van der Waals surface area contributed by atoms with Crippen molar-refractivity contribution in [2.24, 2.45) is 0 Å². The Morgan fingerprint density at radius 3 is 2.16 bits per heavy atom. The Kier molecular flexibility index (Phi) is 4.98. The van der Waals surface area contributed by atoms with Crippen molar-refractivity contribution in [2.75, 3.05) is 0 Å². The number of benzene rings is 4. The van der Waals surface area contributed by atoms with Crippen molar-refractivity contribution in [1.82, 2.24) is 14.5 Å². The fraction of sp³-hybridized carbons (Fsp3) is 0.118. The Morgan fingerprint density at radius 2 is 1.37 bits per heavy atom. The van der Waals surface area contributed by atoms with Crippen molar-refractivity contribution in [3.8, 4) is 28.2 Å². The summed E-state index contributed by atoms with van der Waals surface area (Å²) in [5.41, 5.74) is 8.78. The number of furan rings is 1. The highest BCUT2D eigenvalue weighted by molar-refractivity contribution is 6.08. The van der Waals surface area contributed by atoms with Crippen LogP contribution in [0.4, 0.5) is 0 Å². The van der Waals surface area contributed by atoms with Crippen LogP contribution in [0.2, 0.25) is 0 Å². The van der Waals surface area contributed by atoms with Crippen molar-refractivity contribution in [1.29, 1.82) is 0 Å². The van der Waals surface area contributed by atoms with Crippen LogP contribution in [0.15, 0.2) is 114 Å². The summed E-state index contributed by atoms with van der Waals surface area (Å²) in [4.78, 5) is 9.99. The molecule has 0 spiro atoms. The van der Waals surface area contributed by atoms with Gasteiger partial charge in [-0.3, -0.25) is 4.57 Å². The summed E-state index contributed by atoms with van der Waals surface area (Å²) >= 11 is 0. The van der Waals surface area contributed by atoms with Crippen LogP contribution in [0.5, 0.6) is 0 Å². The Bertz CT molecular complexity index is 1940. The molecule has 0 aliphatic heterocycles. The largest absolute Gasteiger partial charge is 0.437 e. The van der Waals surface area contributed by atoms with Crippen molar-refractivity contribution in [3.05, 3.63) is 115 Å². The van der Waals surface area contributed by atoms with Gasteiger partial charge in [0.25, 0.3) is 0 Å². The zero-order chi connectivity index (χ0) is 25.9. The monoisotopic (exact) mass is 493 g/mol. The first-order valence-electron chi connectivity index (χ1n) is 12.9. The highest BCUT2D eigenvalue weighted by Gasteiger charge is 2.22. The first kappa shape index (κ1) is 22.5. The molecule has 7 rings (SSSR count). The molecule has 4 heteroatoms. The Labute approximate surface area is 221 Å². The van der Waals surface area contributed by atoms with E-state index >= 15 is 0 Å². The number of rotatable bonds is 3. The summed E-state index contributed by atoms with van der Waals surface area (Å²) in [6.07, 6.45) is 0. The molecule has 0 unspecified atom stereocenters. The van der Waals surface area contributed by atoms with Crippen molar-refractivity contribution in [3.63, 3.8) is 0 Å². The standard InChI is InChI=1S/C34H27N3O/c1-34(2,3)30-21-20-26-25-12-9-13-27(31(25)38-33(26)36-30)32-35-28-14-7-8-15-29(28)37(32)24-18-16-23(17-19-24)22-10-5-4-6-11-22/h4-21H,1-3H3. The number of para-hydroxylation sites is 3. The van der Waals surface area contributed by atoms with Gasteiger partial charge in [-0.15, -0.1) is 0 Å². The van der Waals surface area contributed by atoms with Crippen LogP contribution in [0, 0.1) is 0 Å². The van der Waals surface area contributed by atoms with Gasteiger partial charge in [-0.25, -0.2) is 9.97 Å². The van der Waals surface area contributed by atoms with Crippen LogP contribution in [-0.4, -0.2) is 14.5 Å². The summed E-state index contributed by atoms with van der Waals surface area (Å²) in [6, 6.07) is 37.9. The third kappa shape index (κ3) is 3.60. The normalized spacial score (nSPS) is 12.1. The molecule has 3 heterocycles. The van der Waals surface area contributed by atoms with Gasteiger partial charge in [-0.05, 0) is 53.6 Å². The van der Waals surface area contributed by atoms with Gasteiger partial charge in [-0.1, -0.05) is 87.5 Å². The number of fused-ring (bicyclic) bond motifs is 4. The lowest BCUT2D eigenvalue weighted by Crippen LogP contribution is -2.12. The number of nitrogens with zero attached hydrogens (tertiary/aromatic N) is 3. The van der Waals surface area contributed by atoms with E-state index in [0.717, 1.165) is 50.2 Å². The van der Waals surface area contributed by atoms with Gasteiger partial charge in [0.2, 0.25) is 5.71 Å². The molecule has 0 amide bonds. The number of hydrogen-bond donors (Lipinski definition) is 0. The number of pyridine rings is 1. The second-order valence-corrected chi connectivity index (χ2v) is 10.8. The molecule has 4 aromatic carbocycles. The summed E-state index contributed by atoms with van der Waals surface area (Å²) in [6.45, 7) is 6.50. The molecule has 0 bridgehead atoms. The van der Waals surface area contributed by atoms with Gasteiger partial charge in [0.05, 0.1) is 16.6 Å². The zero-order valence-corrected chi connectivity index (χ0v) is 21.6. The summed E-state index contributed by atoms with van der Waals surface area (Å²) in [5.74, 6) is 0.847. The molecule has 7 aromatic rings. The molecule has 4 nitrogen and oxygen atoms in total. The van der Waals surface area contributed by atoms with Gasteiger partial charge in [-0.2, -0.15) is 0 Å². The van der Waals surface area contributed by atoms with E-state index in [1.807, 2.05) is 12.1 Å². The number of imidazole rings is 1. The van der Waals surface area contributed by atoms with E-state index in [0.29, 0.717) is 5.71 Å². The van der Waals surface area contributed by atoms with Gasteiger partial charge in [0.15, 0.2) is 0 Å². The second kappa shape index (κ2) is 8.42. The molecule has 0 aliphatic carbocycles. The maximum atomic E-state index is 6.47. The summed E-state index contributed by atoms with van der Waals surface area (Å²) in [7, 11) is 0. The van der Waals surface area contributed by atoms with E-state index in [1.165, 1.54) is 11.1 Å². The van der Waals surface area contributed by atoms with Crippen molar-refractivity contribution in [2.45, 2.75) is 26.2 Å². The highest BCUT2D eigenvalue weighted by atomic mass is 16.3. The minimum atomic E-state index is -0.0596. The molecule has 0 atom stereocenters. The minimum absolute atomic E-state index is 0.0596. The molecule has 0 saturated carbocycles.